The summed E-state index contributed by atoms with van der Waals surface area (Å²) in [7, 11) is 0. The quantitative estimate of drug-likeness (QED) is 0.121. The van der Waals surface area contributed by atoms with E-state index in [1.54, 1.807) is 57.5 Å². The number of hydrogen-bond donors (Lipinski definition) is 4. The van der Waals surface area contributed by atoms with Crippen molar-refractivity contribution < 1.29 is 33.4 Å². The fraction of sp³-hybridized carbons (Fsp3) is 0.480. The van der Waals surface area contributed by atoms with Crippen LogP contribution < -0.4 is 16.0 Å². The van der Waals surface area contributed by atoms with Crippen LogP contribution >= 0.6 is 0 Å². The number of imidazole rings is 1. The number of alkyl carbamates (subject to hydrolysis) is 2. The van der Waals surface area contributed by atoms with Gasteiger partial charge in [0.2, 0.25) is 18.2 Å². The van der Waals surface area contributed by atoms with Gasteiger partial charge >= 0.3 is 12.2 Å². The monoisotopic (exact) mass is 882 g/mol. The molecule has 7 rings (SSSR count). The highest BCUT2D eigenvalue weighted by molar-refractivity contribution is 5.83. The van der Waals surface area contributed by atoms with Crippen molar-refractivity contribution in [3.63, 3.8) is 0 Å². The van der Waals surface area contributed by atoms with Crippen molar-refractivity contribution in [2.24, 2.45) is 0 Å². The molecular weight excluding hydrogens is 811 g/mol. The molecule has 0 radical (unpaired) electrons. The van der Waals surface area contributed by atoms with Gasteiger partial charge in [0, 0.05) is 25.7 Å². The van der Waals surface area contributed by atoms with E-state index in [4.69, 9.17) is 9.47 Å². The fourth-order valence-electron chi connectivity index (χ4n) is 6.93. The molecule has 3 aromatic carbocycles. The number of ether oxygens (including phenoxy) is 2. The normalized spacial score (nSPS) is 17.3. The van der Waals surface area contributed by atoms with Crippen LogP contribution in [-0.2, 0) is 23.9 Å². The molecule has 64 heavy (non-hydrogen) atoms. The summed E-state index contributed by atoms with van der Waals surface area (Å²) >= 11 is 0. The van der Waals surface area contributed by atoms with Gasteiger partial charge in [-0.05, 0) is 97.1 Å². The Kier molecular flexibility index (Phi) is 22.1. The molecule has 1 aliphatic carbocycles. The highest BCUT2D eigenvalue weighted by Gasteiger charge is 2.33. The maximum atomic E-state index is 12.8. The van der Waals surface area contributed by atoms with E-state index in [1.165, 1.54) is 5.56 Å². The largest absolute Gasteiger partial charge is 0.444 e. The van der Waals surface area contributed by atoms with E-state index >= 15 is 0 Å². The minimum Gasteiger partial charge on any atom is -0.444 e. The molecule has 0 unspecified atom stereocenters. The van der Waals surface area contributed by atoms with Gasteiger partial charge in [-0.3, -0.25) is 14.4 Å². The van der Waals surface area contributed by atoms with E-state index in [9.17, 15) is 24.0 Å². The Bertz CT molecular complexity index is 1860. The summed E-state index contributed by atoms with van der Waals surface area (Å²) in [5, 5.41) is 7.85. The number of nitrogens with one attached hydrogen (secondary N) is 4. The number of rotatable bonds is 9. The molecule has 2 saturated heterocycles. The number of carbonyl (C=O) groups excluding carboxylic acids is 5. The number of hydrogen-bond acceptors (Lipinski definition) is 8. The molecule has 4 N–H and O–H groups in total. The van der Waals surface area contributed by atoms with Crippen LogP contribution in [0.3, 0.4) is 0 Å². The van der Waals surface area contributed by atoms with Crippen LogP contribution in [0.2, 0.25) is 0 Å². The van der Waals surface area contributed by atoms with Crippen molar-refractivity contribution >= 4 is 30.4 Å². The molecule has 2 aliphatic heterocycles. The third-order valence-electron chi connectivity index (χ3n) is 9.98. The lowest BCUT2D eigenvalue weighted by molar-refractivity contribution is -0.131. The molecule has 4 aromatic rings. The van der Waals surface area contributed by atoms with Crippen molar-refractivity contribution in [2.45, 2.75) is 123 Å². The molecule has 3 fully saturated rings. The van der Waals surface area contributed by atoms with E-state index in [0.717, 1.165) is 75.1 Å². The van der Waals surface area contributed by atoms with Gasteiger partial charge in [-0.15, -0.1) is 0 Å². The summed E-state index contributed by atoms with van der Waals surface area (Å²) in [5.41, 5.74) is 2.08. The molecule has 348 valence electrons. The van der Waals surface area contributed by atoms with Crippen LogP contribution in [0.4, 0.5) is 9.59 Å². The molecule has 14 nitrogen and oxygen atoms in total. The first kappa shape index (κ1) is 52.2. The van der Waals surface area contributed by atoms with Crippen LogP contribution in [0.25, 0.3) is 11.3 Å². The Morgan fingerprint density at radius 3 is 1.62 bits per heavy atom. The van der Waals surface area contributed by atoms with Crippen molar-refractivity contribution in [3.8, 4) is 11.3 Å². The molecular formula is C50H71N7O7. The average Bonchev–Trinajstić information content (AvgIpc) is 4.08. The first-order valence-corrected chi connectivity index (χ1v) is 22.5. The van der Waals surface area contributed by atoms with Gasteiger partial charge in [0.15, 0.2) is 0 Å². The van der Waals surface area contributed by atoms with Crippen LogP contribution in [0.15, 0.2) is 103 Å². The van der Waals surface area contributed by atoms with E-state index in [1.807, 2.05) is 86.6 Å². The van der Waals surface area contributed by atoms with Crippen LogP contribution in [0.1, 0.15) is 117 Å². The zero-order valence-corrected chi connectivity index (χ0v) is 39.1. The molecule has 3 heterocycles. The van der Waals surface area contributed by atoms with Crippen LogP contribution in [0.5, 0.6) is 0 Å². The standard InChI is InChI=1S/C25H33N5O4.C11H20N2O3.2C6H6.C2H6/c1-25(2,3)34-24(33)27-14-22(32)30-10-4-5-21(30)23-26-13-20(29-23)17-8-6-16(7-9-17)18-11-19(12-18)28-15-31;1-11(2,3)16-10(15)12-8-9(14)13-6-4-5-7-13;2*1-2-4-6-5-3-1;1-2/h6-9,13,15,18-19,21H,4-5,10-12,14H2,1-3H3,(H,26,29)(H,27,33)(H,28,31);4-8H2,1-3H3,(H,12,15);2*1-6H;1-2H3/t18?,19?,21-;;;;/m0..../s1. The second-order valence-corrected chi connectivity index (χ2v) is 17.3. The minimum absolute atomic E-state index is 0.0227. The number of benzene rings is 3. The Morgan fingerprint density at radius 2 is 1.17 bits per heavy atom. The second-order valence-electron chi connectivity index (χ2n) is 17.3. The minimum atomic E-state index is -0.611. The van der Waals surface area contributed by atoms with Crippen molar-refractivity contribution in [3.05, 3.63) is 115 Å². The molecule has 3 aliphatic rings. The Morgan fingerprint density at radius 1 is 0.703 bits per heavy atom. The highest BCUT2D eigenvalue weighted by atomic mass is 16.6. The smallest absolute Gasteiger partial charge is 0.408 e. The number of likely N-dealkylation sites (tertiary alicyclic amines) is 2. The van der Waals surface area contributed by atoms with Crippen molar-refractivity contribution in [1.82, 2.24) is 35.7 Å². The molecule has 14 heteroatoms. The summed E-state index contributed by atoms with van der Waals surface area (Å²) in [4.78, 5) is 69.5. The average molecular weight is 882 g/mol. The first-order chi connectivity index (χ1) is 30.6. The third kappa shape index (κ3) is 19.5. The second kappa shape index (κ2) is 27.1. The topological polar surface area (TPSA) is 175 Å². The SMILES string of the molecule is CC.CC(C)(C)OC(=O)NCC(=O)N1CCCC1.CC(C)(C)OC(=O)NCC(=O)N1CCC[C@H]1c1ncc(-c2ccc(C3CC(NC=O)C3)cc2)[nH]1.c1ccccc1.c1ccccc1. The summed E-state index contributed by atoms with van der Waals surface area (Å²) in [6, 6.07) is 32.6. The molecule has 1 saturated carbocycles. The van der Waals surface area contributed by atoms with Crippen LogP contribution in [-0.4, -0.2) is 100 Å². The number of amides is 5. The summed E-state index contributed by atoms with van der Waals surface area (Å²) in [5.74, 6) is 1.04. The van der Waals surface area contributed by atoms with E-state index < -0.39 is 23.4 Å². The Balaban J connectivity index is 0.000000295. The zero-order chi connectivity index (χ0) is 47.0. The Hall–Kier alpha value is -6.18. The van der Waals surface area contributed by atoms with Gasteiger partial charge in [0.05, 0.1) is 17.9 Å². The zero-order valence-electron chi connectivity index (χ0n) is 39.1. The molecule has 0 bridgehead atoms. The van der Waals surface area contributed by atoms with Gasteiger partial charge in [-0.25, -0.2) is 14.6 Å². The number of aromatic nitrogens is 2. The number of carbonyl (C=O) groups is 5. The van der Waals surface area contributed by atoms with Crippen molar-refractivity contribution in [2.75, 3.05) is 32.7 Å². The van der Waals surface area contributed by atoms with Gasteiger partial charge in [-0.1, -0.05) is 111 Å². The highest BCUT2D eigenvalue weighted by Crippen LogP contribution is 2.37. The molecule has 0 spiro atoms. The lowest BCUT2D eigenvalue weighted by Crippen LogP contribution is -2.41. The van der Waals surface area contributed by atoms with E-state index in [2.05, 4.69) is 50.2 Å². The predicted octanol–water partition coefficient (Wildman–Crippen LogP) is 8.79. The number of H-pyrrole nitrogens is 1. The van der Waals surface area contributed by atoms with Crippen LogP contribution in [0, 0.1) is 0 Å². The van der Waals surface area contributed by atoms with Gasteiger partial charge in [0.1, 0.15) is 30.1 Å². The maximum Gasteiger partial charge on any atom is 0.408 e. The summed E-state index contributed by atoms with van der Waals surface area (Å²) in [6.45, 7) is 16.9. The first-order valence-electron chi connectivity index (χ1n) is 22.5. The lowest BCUT2D eigenvalue weighted by Gasteiger charge is -2.35. The van der Waals surface area contributed by atoms with Crippen molar-refractivity contribution in [1.29, 1.82) is 0 Å². The van der Waals surface area contributed by atoms with Gasteiger partial charge in [-0.2, -0.15) is 0 Å². The Labute approximate surface area is 380 Å². The number of aromatic amines is 1. The summed E-state index contributed by atoms with van der Waals surface area (Å²) in [6.07, 6.45) is 7.19. The molecule has 1 atom stereocenters. The lowest BCUT2D eigenvalue weighted by atomic mass is 9.76. The maximum absolute atomic E-state index is 12.8. The molecule has 5 amide bonds. The van der Waals surface area contributed by atoms with E-state index in [-0.39, 0.29) is 37.0 Å². The summed E-state index contributed by atoms with van der Waals surface area (Å²) < 4.78 is 10.2. The molecule has 1 aromatic heterocycles. The predicted molar refractivity (Wildman–Crippen MR) is 251 cm³/mol. The third-order valence-corrected chi connectivity index (χ3v) is 9.98. The fourth-order valence-corrected chi connectivity index (χ4v) is 6.93. The van der Waals surface area contributed by atoms with E-state index in [0.29, 0.717) is 12.5 Å². The number of nitrogens with zero attached hydrogens (tertiary/aromatic N) is 3. The van der Waals surface area contributed by atoms with Gasteiger partial charge < -0.3 is 40.2 Å². The van der Waals surface area contributed by atoms with Gasteiger partial charge in [0.25, 0.3) is 0 Å².